The average Bonchev–Trinajstić information content (AvgIpc) is 2.98. The number of rotatable bonds is 3. The first-order chi connectivity index (χ1) is 11.3. The van der Waals surface area contributed by atoms with E-state index in [1.54, 1.807) is 0 Å². The van der Waals surface area contributed by atoms with Crippen molar-refractivity contribution in [3.8, 4) is 0 Å². The molecule has 1 aromatic carbocycles. The molecule has 5 heteroatoms. The Morgan fingerprint density at radius 2 is 1.88 bits per heavy atom. The molecule has 1 aliphatic rings. The van der Waals surface area contributed by atoms with Gasteiger partial charge in [0.2, 0.25) is 0 Å². The number of β-amino-alcohol motifs (C(OH)–C–C–N with tert-alkyl or cyclic N) is 1. The molecule has 1 aromatic heterocycles. The summed E-state index contributed by atoms with van der Waals surface area (Å²) in [5, 5.41) is 11.2. The Hall–Kier alpha value is -1.85. The number of para-hydroxylation sites is 1. The molecule has 2 aromatic rings. The molecule has 2 heterocycles. The second kappa shape index (κ2) is 6.57. The number of fused-ring (bicyclic) bond motifs is 1. The lowest BCUT2D eigenvalue weighted by Gasteiger charge is -2.37. The first-order valence-corrected chi connectivity index (χ1v) is 8.53. The SMILES string of the molecule is CC(C)(C)[C@@H](O)CN1CCN(C(=O)c2cc3ccccc3o2)CC1. The number of nitrogens with zero attached hydrogens (tertiary/aromatic N) is 2. The van der Waals surface area contributed by atoms with Gasteiger partial charge in [-0.2, -0.15) is 0 Å². The van der Waals surface area contributed by atoms with E-state index in [1.165, 1.54) is 0 Å². The van der Waals surface area contributed by atoms with Gasteiger partial charge in [0.15, 0.2) is 5.76 Å². The lowest BCUT2D eigenvalue weighted by atomic mass is 9.89. The van der Waals surface area contributed by atoms with Crippen LogP contribution in [0.5, 0.6) is 0 Å². The van der Waals surface area contributed by atoms with Crippen LogP contribution in [0.1, 0.15) is 31.3 Å². The molecule has 1 aliphatic heterocycles. The van der Waals surface area contributed by atoms with E-state index >= 15 is 0 Å². The highest BCUT2D eigenvalue weighted by Crippen LogP contribution is 2.22. The van der Waals surface area contributed by atoms with Gasteiger partial charge in [0.05, 0.1) is 6.10 Å². The zero-order valence-corrected chi connectivity index (χ0v) is 14.7. The van der Waals surface area contributed by atoms with Gasteiger partial charge in [0.25, 0.3) is 5.91 Å². The van der Waals surface area contributed by atoms with Crippen molar-refractivity contribution in [3.05, 3.63) is 36.1 Å². The first-order valence-electron chi connectivity index (χ1n) is 8.53. The van der Waals surface area contributed by atoms with Crippen LogP contribution in [0.2, 0.25) is 0 Å². The molecular weight excluding hydrogens is 304 g/mol. The molecule has 1 atom stereocenters. The second-order valence-electron chi connectivity index (χ2n) is 7.62. The minimum absolute atomic E-state index is 0.0535. The van der Waals surface area contributed by atoms with Crippen LogP contribution in [0.15, 0.2) is 34.7 Å². The molecule has 0 aliphatic carbocycles. The van der Waals surface area contributed by atoms with Gasteiger partial charge in [-0.1, -0.05) is 39.0 Å². The van der Waals surface area contributed by atoms with Gasteiger partial charge in [-0.15, -0.1) is 0 Å². The number of carbonyl (C=O) groups excluding carboxylic acids is 1. The smallest absolute Gasteiger partial charge is 0.289 e. The van der Waals surface area contributed by atoms with E-state index in [4.69, 9.17) is 4.42 Å². The number of amides is 1. The Labute approximate surface area is 142 Å². The fraction of sp³-hybridized carbons (Fsp3) is 0.526. The Kier molecular flexibility index (Phi) is 4.65. The third-order valence-corrected chi connectivity index (χ3v) is 4.73. The van der Waals surface area contributed by atoms with Crippen molar-refractivity contribution in [2.75, 3.05) is 32.7 Å². The van der Waals surface area contributed by atoms with Gasteiger partial charge in [0, 0.05) is 38.1 Å². The summed E-state index contributed by atoms with van der Waals surface area (Å²) in [5.74, 6) is 0.349. The first kappa shape index (κ1) is 17.0. The van der Waals surface area contributed by atoms with Crippen LogP contribution < -0.4 is 0 Å². The summed E-state index contributed by atoms with van der Waals surface area (Å²) in [4.78, 5) is 16.7. The van der Waals surface area contributed by atoms with Crippen LogP contribution in [0, 0.1) is 5.41 Å². The van der Waals surface area contributed by atoms with E-state index in [1.807, 2.05) is 56.0 Å². The van der Waals surface area contributed by atoms with E-state index in [-0.39, 0.29) is 17.4 Å². The summed E-state index contributed by atoms with van der Waals surface area (Å²) in [6, 6.07) is 9.47. The van der Waals surface area contributed by atoms with Crippen molar-refractivity contribution >= 4 is 16.9 Å². The molecular formula is C19H26N2O3. The van der Waals surface area contributed by atoms with Crippen molar-refractivity contribution in [2.45, 2.75) is 26.9 Å². The minimum atomic E-state index is -0.366. The van der Waals surface area contributed by atoms with E-state index < -0.39 is 0 Å². The van der Waals surface area contributed by atoms with Crippen molar-refractivity contribution in [1.82, 2.24) is 9.80 Å². The molecule has 0 saturated carbocycles. The fourth-order valence-electron chi connectivity index (χ4n) is 2.90. The number of hydrogen-bond acceptors (Lipinski definition) is 4. The molecule has 0 spiro atoms. The van der Waals surface area contributed by atoms with Crippen LogP contribution in [0.4, 0.5) is 0 Å². The highest BCUT2D eigenvalue weighted by molar-refractivity contribution is 5.96. The maximum absolute atomic E-state index is 12.6. The molecule has 0 radical (unpaired) electrons. The van der Waals surface area contributed by atoms with Crippen LogP contribution in [0.3, 0.4) is 0 Å². The number of aliphatic hydroxyl groups is 1. The van der Waals surface area contributed by atoms with Crippen LogP contribution in [-0.2, 0) is 0 Å². The monoisotopic (exact) mass is 330 g/mol. The quantitative estimate of drug-likeness (QED) is 0.940. The van der Waals surface area contributed by atoms with Gasteiger partial charge in [0.1, 0.15) is 5.58 Å². The maximum Gasteiger partial charge on any atom is 0.289 e. The summed E-state index contributed by atoms with van der Waals surface area (Å²) in [6.07, 6.45) is -0.366. The van der Waals surface area contributed by atoms with E-state index in [0.29, 0.717) is 25.4 Å². The lowest BCUT2D eigenvalue weighted by molar-refractivity contribution is 0.0132. The Morgan fingerprint density at radius 1 is 1.21 bits per heavy atom. The van der Waals surface area contributed by atoms with Gasteiger partial charge in [-0.05, 0) is 17.5 Å². The fourth-order valence-corrected chi connectivity index (χ4v) is 2.90. The van der Waals surface area contributed by atoms with E-state index in [0.717, 1.165) is 24.1 Å². The predicted molar refractivity (Wildman–Crippen MR) is 94.0 cm³/mol. The van der Waals surface area contributed by atoms with Gasteiger partial charge >= 0.3 is 0 Å². The van der Waals surface area contributed by atoms with Crippen molar-refractivity contribution in [3.63, 3.8) is 0 Å². The van der Waals surface area contributed by atoms with Crippen molar-refractivity contribution in [2.24, 2.45) is 5.41 Å². The number of aliphatic hydroxyl groups excluding tert-OH is 1. The largest absolute Gasteiger partial charge is 0.451 e. The average molecular weight is 330 g/mol. The standard InChI is InChI=1S/C19H26N2O3/c1-19(2,3)17(22)13-20-8-10-21(11-9-20)18(23)16-12-14-6-4-5-7-15(14)24-16/h4-7,12,17,22H,8-11,13H2,1-3H3/t17-/m0/s1. The zero-order chi connectivity index (χ0) is 17.3. The number of benzene rings is 1. The predicted octanol–water partition coefficient (Wildman–Crippen LogP) is 2.60. The molecule has 5 nitrogen and oxygen atoms in total. The Balaban J connectivity index is 1.59. The van der Waals surface area contributed by atoms with E-state index in [9.17, 15) is 9.90 Å². The van der Waals surface area contributed by atoms with Gasteiger partial charge in [-0.25, -0.2) is 0 Å². The summed E-state index contributed by atoms with van der Waals surface area (Å²) >= 11 is 0. The summed E-state index contributed by atoms with van der Waals surface area (Å²) in [5.41, 5.74) is 0.620. The molecule has 1 saturated heterocycles. The number of piperazine rings is 1. The second-order valence-corrected chi connectivity index (χ2v) is 7.62. The lowest BCUT2D eigenvalue weighted by Crippen LogP contribution is -2.51. The molecule has 3 rings (SSSR count). The molecule has 1 amide bonds. The number of furan rings is 1. The molecule has 1 N–H and O–H groups in total. The van der Waals surface area contributed by atoms with Gasteiger partial charge in [-0.3, -0.25) is 9.69 Å². The highest BCUT2D eigenvalue weighted by Gasteiger charge is 2.28. The summed E-state index contributed by atoms with van der Waals surface area (Å²) < 4.78 is 5.67. The Bertz CT molecular complexity index is 676. The maximum atomic E-state index is 12.6. The minimum Gasteiger partial charge on any atom is -0.451 e. The normalized spacial score (nSPS) is 18.1. The summed E-state index contributed by atoms with van der Waals surface area (Å²) in [7, 11) is 0. The molecule has 1 fully saturated rings. The van der Waals surface area contributed by atoms with Gasteiger partial charge < -0.3 is 14.4 Å². The summed E-state index contributed by atoms with van der Waals surface area (Å²) in [6.45, 7) is 9.64. The molecule has 130 valence electrons. The molecule has 24 heavy (non-hydrogen) atoms. The third-order valence-electron chi connectivity index (χ3n) is 4.73. The van der Waals surface area contributed by atoms with Crippen LogP contribution in [-0.4, -0.2) is 59.6 Å². The molecule has 0 bridgehead atoms. The number of carbonyl (C=O) groups is 1. The number of hydrogen-bond donors (Lipinski definition) is 1. The van der Waals surface area contributed by atoms with E-state index in [2.05, 4.69) is 4.90 Å². The van der Waals surface area contributed by atoms with Crippen LogP contribution >= 0.6 is 0 Å². The van der Waals surface area contributed by atoms with Crippen molar-refractivity contribution in [1.29, 1.82) is 0 Å². The highest BCUT2D eigenvalue weighted by atomic mass is 16.3. The Morgan fingerprint density at radius 3 is 2.50 bits per heavy atom. The van der Waals surface area contributed by atoms with Crippen molar-refractivity contribution < 1.29 is 14.3 Å². The van der Waals surface area contributed by atoms with Crippen LogP contribution in [0.25, 0.3) is 11.0 Å². The topological polar surface area (TPSA) is 56.9 Å². The molecule has 0 unspecified atom stereocenters. The third kappa shape index (κ3) is 3.62. The zero-order valence-electron chi connectivity index (χ0n) is 14.7.